The highest BCUT2D eigenvalue weighted by atomic mass is 35.5. The molecule has 2 aliphatic rings. The zero-order valence-electron chi connectivity index (χ0n) is 14.5. The van der Waals surface area contributed by atoms with Gasteiger partial charge in [0.05, 0.1) is 16.8 Å². The molecule has 0 spiro atoms. The number of nitrogens with zero attached hydrogens (tertiary/aromatic N) is 6. The van der Waals surface area contributed by atoms with Crippen LogP contribution in [0.3, 0.4) is 0 Å². The fraction of sp³-hybridized carbons (Fsp3) is 0.389. The maximum absolute atomic E-state index is 12.8. The van der Waals surface area contributed by atoms with Gasteiger partial charge in [-0.2, -0.15) is 5.10 Å². The van der Waals surface area contributed by atoms with E-state index in [2.05, 4.69) is 25.5 Å². The number of aromatic nitrogens is 6. The normalized spacial score (nSPS) is 18.9. The van der Waals surface area contributed by atoms with Crippen molar-refractivity contribution < 1.29 is 4.79 Å². The van der Waals surface area contributed by atoms with Gasteiger partial charge in [0.15, 0.2) is 0 Å². The van der Waals surface area contributed by atoms with Crippen molar-refractivity contribution in [2.24, 2.45) is 0 Å². The average Bonchev–Trinajstić information content (AvgIpc) is 3.23. The molecule has 1 saturated carbocycles. The second-order valence-electron chi connectivity index (χ2n) is 6.94. The molecular formula is C18H18ClN7O. The molecule has 0 radical (unpaired) electrons. The number of para-hydroxylation sites is 1. The number of aryl methyl sites for hydroxylation is 1. The molecular weight excluding hydrogens is 366 g/mol. The summed E-state index contributed by atoms with van der Waals surface area (Å²) in [6.07, 6.45) is 5.39. The van der Waals surface area contributed by atoms with E-state index in [0.717, 1.165) is 49.6 Å². The average molecular weight is 384 g/mol. The lowest BCUT2D eigenvalue weighted by Gasteiger charge is -2.22. The maximum Gasteiger partial charge on any atom is 0.291 e. The number of carbonyl (C=O) groups is 1. The summed E-state index contributed by atoms with van der Waals surface area (Å²) in [5.74, 6) is 1.76. The first-order valence-electron chi connectivity index (χ1n) is 9.11. The molecule has 3 aromatic rings. The molecule has 1 aromatic carbocycles. The predicted molar refractivity (Wildman–Crippen MR) is 97.8 cm³/mol. The molecule has 3 heterocycles. The smallest absolute Gasteiger partial charge is 0.291 e. The van der Waals surface area contributed by atoms with Gasteiger partial charge in [0, 0.05) is 12.5 Å². The van der Waals surface area contributed by atoms with Crippen molar-refractivity contribution in [2.75, 3.05) is 0 Å². The third kappa shape index (κ3) is 2.99. The van der Waals surface area contributed by atoms with Crippen molar-refractivity contribution in [1.82, 2.24) is 34.8 Å². The van der Waals surface area contributed by atoms with Crippen molar-refractivity contribution >= 4 is 17.5 Å². The van der Waals surface area contributed by atoms with Crippen LogP contribution in [0.5, 0.6) is 0 Å². The van der Waals surface area contributed by atoms with E-state index in [1.807, 2.05) is 28.9 Å². The molecule has 2 aromatic heterocycles. The van der Waals surface area contributed by atoms with Crippen LogP contribution in [0.2, 0.25) is 5.02 Å². The highest BCUT2D eigenvalue weighted by Crippen LogP contribution is 2.40. The molecule has 1 fully saturated rings. The van der Waals surface area contributed by atoms with E-state index in [1.165, 1.54) is 6.33 Å². The molecule has 0 bridgehead atoms. The first-order chi connectivity index (χ1) is 13.2. The molecule has 138 valence electrons. The number of carbonyl (C=O) groups excluding carboxylic acids is 1. The molecule has 1 atom stereocenters. The number of benzene rings is 1. The van der Waals surface area contributed by atoms with E-state index in [0.29, 0.717) is 10.9 Å². The van der Waals surface area contributed by atoms with Crippen LogP contribution in [0.4, 0.5) is 0 Å². The third-order valence-corrected chi connectivity index (χ3v) is 5.30. The molecule has 0 saturated heterocycles. The third-order valence-electron chi connectivity index (χ3n) is 4.98. The minimum atomic E-state index is -0.302. The fourth-order valence-electron chi connectivity index (χ4n) is 3.48. The Morgan fingerprint density at radius 1 is 1.19 bits per heavy atom. The Kier molecular flexibility index (Phi) is 3.93. The Hall–Kier alpha value is -2.74. The number of nitrogens with one attached hydrogen (secondary N) is 1. The first-order valence-corrected chi connectivity index (χ1v) is 9.49. The van der Waals surface area contributed by atoms with Gasteiger partial charge in [0.1, 0.15) is 18.0 Å². The minimum absolute atomic E-state index is 0.161. The molecule has 1 N–H and O–H groups in total. The summed E-state index contributed by atoms with van der Waals surface area (Å²) in [6.45, 7) is 0.826. The topological polar surface area (TPSA) is 90.5 Å². The van der Waals surface area contributed by atoms with Gasteiger partial charge < -0.3 is 5.32 Å². The largest absolute Gasteiger partial charge is 0.339 e. The summed E-state index contributed by atoms with van der Waals surface area (Å²) in [5.41, 5.74) is 0.741. The second kappa shape index (κ2) is 6.45. The first kappa shape index (κ1) is 16.4. The van der Waals surface area contributed by atoms with Gasteiger partial charge in [-0.25, -0.2) is 19.3 Å². The summed E-state index contributed by atoms with van der Waals surface area (Å²) < 4.78 is 3.54. The van der Waals surface area contributed by atoms with Gasteiger partial charge >= 0.3 is 0 Å². The van der Waals surface area contributed by atoms with Crippen molar-refractivity contribution in [2.45, 2.75) is 44.2 Å². The monoisotopic (exact) mass is 383 g/mol. The standard InChI is InChI=1S/C18H18ClN7O/c19-12-4-1-2-6-14(12)26-16(11-7-8-11)23-15(24-26)18(27)22-13-5-3-9-25-17(13)20-10-21-25/h1-2,4,6,10-11,13H,3,5,7-9H2,(H,22,27)/t13-/m0/s1. The molecule has 0 unspecified atom stereocenters. The maximum atomic E-state index is 12.8. The Labute approximate surface area is 160 Å². The summed E-state index contributed by atoms with van der Waals surface area (Å²) in [7, 11) is 0. The van der Waals surface area contributed by atoms with Crippen molar-refractivity contribution in [1.29, 1.82) is 0 Å². The van der Waals surface area contributed by atoms with Gasteiger partial charge in [0.25, 0.3) is 5.91 Å². The van der Waals surface area contributed by atoms with E-state index >= 15 is 0 Å². The molecule has 1 aliphatic carbocycles. The molecule has 8 nitrogen and oxygen atoms in total. The van der Waals surface area contributed by atoms with Crippen molar-refractivity contribution in [3.05, 3.63) is 53.1 Å². The van der Waals surface area contributed by atoms with Crippen LogP contribution in [0.1, 0.15) is 59.9 Å². The highest BCUT2D eigenvalue weighted by molar-refractivity contribution is 6.32. The molecule has 1 aliphatic heterocycles. The fourth-order valence-corrected chi connectivity index (χ4v) is 3.69. The van der Waals surface area contributed by atoms with Gasteiger partial charge in [-0.15, -0.1) is 5.10 Å². The number of halogens is 1. The predicted octanol–water partition coefficient (Wildman–Crippen LogP) is 2.65. The van der Waals surface area contributed by atoms with Crippen LogP contribution in [-0.4, -0.2) is 35.4 Å². The van der Waals surface area contributed by atoms with Crippen LogP contribution >= 0.6 is 11.6 Å². The second-order valence-corrected chi connectivity index (χ2v) is 7.35. The van der Waals surface area contributed by atoms with E-state index in [4.69, 9.17) is 11.6 Å². The lowest BCUT2D eigenvalue weighted by Crippen LogP contribution is -2.34. The van der Waals surface area contributed by atoms with Crippen LogP contribution in [0, 0.1) is 0 Å². The lowest BCUT2D eigenvalue weighted by molar-refractivity contribution is 0.0916. The molecule has 5 rings (SSSR count). The van der Waals surface area contributed by atoms with Crippen LogP contribution in [0.15, 0.2) is 30.6 Å². The van der Waals surface area contributed by atoms with E-state index in [1.54, 1.807) is 4.68 Å². The Morgan fingerprint density at radius 2 is 2.04 bits per heavy atom. The van der Waals surface area contributed by atoms with E-state index in [9.17, 15) is 4.79 Å². The number of rotatable bonds is 4. The summed E-state index contributed by atoms with van der Waals surface area (Å²) in [6, 6.07) is 7.28. The summed E-state index contributed by atoms with van der Waals surface area (Å²) >= 11 is 6.34. The van der Waals surface area contributed by atoms with E-state index in [-0.39, 0.29) is 17.8 Å². The van der Waals surface area contributed by atoms with E-state index < -0.39 is 0 Å². The van der Waals surface area contributed by atoms with Gasteiger partial charge in [-0.3, -0.25) is 4.79 Å². The number of hydrogen-bond acceptors (Lipinski definition) is 5. The van der Waals surface area contributed by atoms with Gasteiger partial charge in [-0.05, 0) is 37.8 Å². The minimum Gasteiger partial charge on any atom is -0.339 e. The van der Waals surface area contributed by atoms with Crippen LogP contribution in [-0.2, 0) is 6.54 Å². The SMILES string of the molecule is O=C(N[C@H]1CCCn2ncnc21)c1nc(C2CC2)n(-c2ccccc2Cl)n1. The lowest BCUT2D eigenvalue weighted by atomic mass is 10.1. The zero-order chi connectivity index (χ0) is 18.4. The quantitative estimate of drug-likeness (QED) is 0.747. The highest BCUT2D eigenvalue weighted by Gasteiger charge is 2.33. The zero-order valence-corrected chi connectivity index (χ0v) is 15.3. The number of fused-ring (bicyclic) bond motifs is 1. The van der Waals surface area contributed by atoms with Crippen LogP contribution in [0.25, 0.3) is 5.69 Å². The Bertz CT molecular complexity index is 1010. The molecule has 27 heavy (non-hydrogen) atoms. The Morgan fingerprint density at radius 3 is 2.85 bits per heavy atom. The van der Waals surface area contributed by atoms with Crippen molar-refractivity contribution in [3.63, 3.8) is 0 Å². The van der Waals surface area contributed by atoms with Gasteiger partial charge in [-0.1, -0.05) is 23.7 Å². The molecule has 9 heteroatoms. The summed E-state index contributed by atoms with van der Waals surface area (Å²) in [5, 5.41) is 12.3. The van der Waals surface area contributed by atoms with Crippen molar-refractivity contribution in [3.8, 4) is 5.69 Å². The number of hydrogen-bond donors (Lipinski definition) is 1. The van der Waals surface area contributed by atoms with Gasteiger partial charge in [0.2, 0.25) is 5.82 Å². The van der Waals surface area contributed by atoms with Crippen LogP contribution < -0.4 is 5.32 Å². The molecule has 1 amide bonds. The number of amides is 1. The Balaban J connectivity index is 1.45. The summed E-state index contributed by atoms with van der Waals surface area (Å²) in [4.78, 5) is 21.6.